The monoisotopic (exact) mass is 318 g/mol. The average molecular weight is 320 g/mol. The van der Waals surface area contributed by atoms with Gasteiger partial charge in [0.2, 0.25) is 0 Å². The summed E-state index contributed by atoms with van der Waals surface area (Å²) in [7, 11) is 0. The number of halogens is 2. The molecule has 0 saturated carbocycles. The fourth-order valence-electron chi connectivity index (χ4n) is 1.63. The van der Waals surface area contributed by atoms with E-state index in [4.69, 9.17) is 16.3 Å². The molecule has 0 aliphatic heterocycles. The second-order valence-electron chi connectivity index (χ2n) is 3.69. The first-order chi connectivity index (χ1) is 8.08. The van der Waals surface area contributed by atoms with Gasteiger partial charge in [-0.25, -0.2) is 0 Å². The molecule has 0 radical (unpaired) electrons. The van der Waals surface area contributed by atoms with Gasteiger partial charge < -0.3 is 4.74 Å². The van der Waals surface area contributed by atoms with Crippen molar-refractivity contribution in [1.29, 1.82) is 0 Å². The normalized spacial score (nSPS) is 12.2. The highest BCUT2D eigenvalue weighted by molar-refractivity contribution is 9.10. The summed E-state index contributed by atoms with van der Waals surface area (Å²) in [5, 5.41) is -0.610. The second-order valence-corrected chi connectivity index (χ2v) is 5.13. The minimum absolute atomic E-state index is 0.348. The number of aryl methyl sites for hydroxylation is 1. The van der Waals surface area contributed by atoms with Crippen LogP contribution in [-0.4, -0.2) is 18.0 Å². The summed E-state index contributed by atoms with van der Waals surface area (Å²) in [6.45, 7) is 4.22. The van der Waals surface area contributed by atoms with Crippen molar-refractivity contribution >= 4 is 33.5 Å². The van der Waals surface area contributed by atoms with Crippen LogP contribution >= 0.6 is 27.5 Å². The Morgan fingerprint density at radius 1 is 1.41 bits per heavy atom. The van der Waals surface area contributed by atoms with E-state index in [0.717, 1.165) is 16.5 Å². The van der Waals surface area contributed by atoms with Gasteiger partial charge >= 0.3 is 5.97 Å². The third kappa shape index (κ3) is 4.32. The highest BCUT2D eigenvalue weighted by Gasteiger charge is 2.18. The fraction of sp³-hybridized carbons (Fsp3) is 0.462. The van der Waals surface area contributed by atoms with Gasteiger partial charge in [-0.1, -0.05) is 28.9 Å². The molecule has 0 spiro atoms. The Hall–Kier alpha value is -0.540. The fourth-order valence-corrected chi connectivity index (χ4v) is 2.27. The average Bonchev–Trinajstić information content (AvgIpc) is 2.31. The first-order valence-corrected chi connectivity index (χ1v) is 6.89. The van der Waals surface area contributed by atoms with Crippen molar-refractivity contribution in [3.05, 3.63) is 33.8 Å². The summed E-state index contributed by atoms with van der Waals surface area (Å²) in [5.41, 5.74) is 2.30. The van der Waals surface area contributed by atoms with Gasteiger partial charge in [0, 0.05) is 4.47 Å². The molecule has 0 fully saturated rings. The molecule has 0 aliphatic carbocycles. The number of rotatable bonds is 5. The largest absolute Gasteiger partial charge is 0.465 e. The lowest BCUT2D eigenvalue weighted by atomic mass is 10.0. The number of alkyl halides is 1. The van der Waals surface area contributed by atoms with Crippen LogP contribution in [0.2, 0.25) is 0 Å². The molecule has 1 unspecified atom stereocenters. The lowest BCUT2D eigenvalue weighted by Gasteiger charge is -2.12. The van der Waals surface area contributed by atoms with Crippen molar-refractivity contribution in [2.45, 2.75) is 32.1 Å². The Labute approximate surface area is 115 Å². The predicted molar refractivity (Wildman–Crippen MR) is 73.5 cm³/mol. The number of carbonyl (C=O) groups is 1. The Bertz CT molecular complexity index is 393. The highest BCUT2D eigenvalue weighted by Crippen LogP contribution is 2.20. The van der Waals surface area contributed by atoms with Crippen molar-refractivity contribution in [2.24, 2.45) is 0 Å². The summed E-state index contributed by atoms with van der Waals surface area (Å²) in [4.78, 5) is 11.5. The smallest absolute Gasteiger partial charge is 0.324 e. The maximum Gasteiger partial charge on any atom is 0.324 e. The second kappa shape index (κ2) is 7.02. The Morgan fingerprint density at radius 2 is 2.12 bits per heavy atom. The van der Waals surface area contributed by atoms with E-state index in [1.54, 1.807) is 6.92 Å². The van der Waals surface area contributed by atoms with E-state index in [2.05, 4.69) is 28.9 Å². The zero-order valence-corrected chi connectivity index (χ0v) is 12.3. The minimum Gasteiger partial charge on any atom is -0.465 e. The standard InChI is InChI=1S/C13H16BrClO2/c1-3-9-7-11(14)6-5-10(9)8-12(15)13(16)17-4-2/h5-7,12H,3-4,8H2,1-2H3. The molecule has 0 amide bonds. The van der Waals surface area contributed by atoms with Gasteiger partial charge in [-0.05, 0) is 43.0 Å². The maximum atomic E-state index is 11.5. The Morgan fingerprint density at radius 3 is 2.71 bits per heavy atom. The third-order valence-corrected chi connectivity index (χ3v) is 3.32. The quantitative estimate of drug-likeness (QED) is 0.611. The molecular weight excluding hydrogens is 303 g/mol. The van der Waals surface area contributed by atoms with Crippen LogP contribution in [0.3, 0.4) is 0 Å². The molecule has 1 rings (SSSR count). The summed E-state index contributed by atoms with van der Waals surface area (Å²) in [6, 6.07) is 6.02. The van der Waals surface area contributed by atoms with E-state index in [-0.39, 0.29) is 5.97 Å². The molecule has 4 heteroatoms. The van der Waals surface area contributed by atoms with Crippen molar-refractivity contribution in [2.75, 3.05) is 6.61 Å². The first kappa shape index (κ1) is 14.5. The molecule has 1 aromatic rings. The van der Waals surface area contributed by atoms with Crippen molar-refractivity contribution < 1.29 is 9.53 Å². The van der Waals surface area contributed by atoms with Gasteiger partial charge in [0.05, 0.1) is 6.61 Å². The van der Waals surface area contributed by atoms with Gasteiger partial charge in [-0.2, -0.15) is 0 Å². The van der Waals surface area contributed by atoms with Crippen LogP contribution in [-0.2, 0) is 22.4 Å². The summed E-state index contributed by atoms with van der Waals surface area (Å²) >= 11 is 9.46. The summed E-state index contributed by atoms with van der Waals surface area (Å²) in [5.74, 6) is -0.348. The number of hydrogen-bond donors (Lipinski definition) is 0. The van der Waals surface area contributed by atoms with Crippen LogP contribution < -0.4 is 0 Å². The molecule has 0 aromatic heterocycles. The number of ether oxygens (including phenoxy) is 1. The number of carbonyl (C=O) groups excluding carboxylic acids is 1. The molecule has 0 aliphatic rings. The highest BCUT2D eigenvalue weighted by atomic mass is 79.9. The number of hydrogen-bond acceptors (Lipinski definition) is 2. The van der Waals surface area contributed by atoms with Crippen LogP contribution in [0.15, 0.2) is 22.7 Å². The van der Waals surface area contributed by atoms with E-state index in [0.29, 0.717) is 13.0 Å². The van der Waals surface area contributed by atoms with E-state index in [1.807, 2.05) is 12.1 Å². The predicted octanol–water partition coefficient (Wildman–Crippen LogP) is 3.72. The maximum absolute atomic E-state index is 11.5. The van der Waals surface area contributed by atoms with Gasteiger partial charge in [0.15, 0.2) is 0 Å². The zero-order valence-electron chi connectivity index (χ0n) is 10.0. The minimum atomic E-state index is -0.610. The van der Waals surface area contributed by atoms with Crippen molar-refractivity contribution in [3.63, 3.8) is 0 Å². The summed E-state index contributed by atoms with van der Waals surface area (Å²) in [6.07, 6.45) is 1.43. The van der Waals surface area contributed by atoms with Crippen molar-refractivity contribution in [1.82, 2.24) is 0 Å². The molecular formula is C13H16BrClO2. The Balaban J connectivity index is 2.77. The number of benzene rings is 1. The van der Waals surface area contributed by atoms with Crippen molar-refractivity contribution in [3.8, 4) is 0 Å². The van der Waals surface area contributed by atoms with Gasteiger partial charge in [-0.3, -0.25) is 4.79 Å². The van der Waals surface area contributed by atoms with E-state index in [9.17, 15) is 4.79 Å². The molecule has 0 N–H and O–H groups in total. The zero-order chi connectivity index (χ0) is 12.8. The third-order valence-electron chi connectivity index (χ3n) is 2.49. The molecule has 94 valence electrons. The lowest BCUT2D eigenvalue weighted by molar-refractivity contribution is -0.142. The SMILES string of the molecule is CCOC(=O)C(Cl)Cc1ccc(Br)cc1CC. The van der Waals surface area contributed by atoms with Crippen LogP contribution in [0.4, 0.5) is 0 Å². The number of esters is 1. The first-order valence-electron chi connectivity index (χ1n) is 5.66. The Kier molecular flexibility index (Phi) is 6.00. The molecule has 0 saturated heterocycles. The molecule has 1 aromatic carbocycles. The molecule has 0 bridgehead atoms. The molecule has 17 heavy (non-hydrogen) atoms. The van der Waals surface area contributed by atoms with Gasteiger partial charge in [-0.15, -0.1) is 11.6 Å². The molecule has 1 atom stereocenters. The topological polar surface area (TPSA) is 26.3 Å². The van der Waals surface area contributed by atoms with Crippen LogP contribution in [0.1, 0.15) is 25.0 Å². The summed E-state index contributed by atoms with van der Waals surface area (Å²) < 4.78 is 5.93. The van der Waals surface area contributed by atoms with Crippen LogP contribution in [0, 0.1) is 0 Å². The van der Waals surface area contributed by atoms with E-state index < -0.39 is 5.38 Å². The van der Waals surface area contributed by atoms with Gasteiger partial charge in [0.25, 0.3) is 0 Å². The molecule has 0 heterocycles. The van der Waals surface area contributed by atoms with E-state index >= 15 is 0 Å². The van der Waals surface area contributed by atoms with Gasteiger partial charge in [0.1, 0.15) is 5.38 Å². The van der Waals surface area contributed by atoms with Crippen LogP contribution in [0.25, 0.3) is 0 Å². The van der Waals surface area contributed by atoms with E-state index in [1.165, 1.54) is 5.56 Å². The molecule has 2 nitrogen and oxygen atoms in total. The lowest BCUT2D eigenvalue weighted by Crippen LogP contribution is -2.20. The van der Waals surface area contributed by atoms with Crippen LogP contribution in [0.5, 0.6) is 0 Å².